The van der Waals surface area contributed by atoms with Gasteiger partial charge in [0.1, 0.15) is 12.4 Å². The van der Waals surface area contributed by atoms with E-state index in [1.165, 1.54) is 13.2 Å². The first-order valence-electron chi connectivity index (χ1n) is 7.51. The minimum absolute atomic E-state index is 0.130. The van der Waals surface area contributed by atoms with E-state index in [0.29, 0.717) is 18.6 Å². The summed E-state index contributed by atoms with van der Waals surface area (Å²) in [6.45, 7) is 0.454. The van der Waals surface area contributed by atoms with Crippen molar-refractivity contribution in [2.45, 2.75) is 19.1 Å². The predicted octanol–water partition coefficient (Wildman–Crippen LogP) is 3.24. The molecular weight excluding hydrogens is 315 g/mol. The number of halogens is 1. The Kier molecular flexibility index (Phi) is 4.90. The van der Waals surface area contributed by atoms with Crippen molar-refractivity contribution < 1.29 is 23.5 Å². The van der Waals surface area contributed by atoms with Crippen molar-refractivity contribution in [3.8, 4) is 5.88 Å². The molecule has 1 aromatic carbocycles. The van der Waals surface area contributed by atoms with Crippen LogP contribution in [0.25, 0.3) is 0 Å². The first-order valence-corrected chi connectivity index (χ1v) is 7.51. The summed E-state index contributed by atoms with van der Waals surface area (Å²) in [6.07, 6.45) is 0.936. The molecule has 1 fully saturated rings. The van der Waals surface area contributed by atoms with Crippen LogP contribution in [0, 0.1) is 5.82 Å². The van der Waals surface area contributed by atoms with Gasteiger partial charge in [0.25, 0.3) is 0 Å². The highest BCUT2D eigenvalue weighted by Gasteiger charge is 2.35. The van der Waals surface area contributed by atoms with Crippen LogP contribution in [-0.4, -0.2) is 29.9 Å². The van der Waals surface area contributed by atoms with Gasteiger partial charge in [0.15, 0.2) is 0 Å². The Morgan fingerprint density at radius 1 is 1.42 bits per heavy atom. The molecule has 1 saturated heterocycles. The van der Waals surface area contributed by atoms with E-state index in [4.69, 9.17) is 14.3 Å². The van der Waals surface area contributed by atoms with Gasteiger partial charge in [-0.3, -0.25) is 4.84 Å². The smallest absolute Gasteiger partial charge is 0.434 e. The fourth-order valence-electron chi connectivity index (χ4n) is 2.57. The SMILES string of the molecule is COc1ncc(F)cc1[C@H]1CCON1C(=O)OCc1ccccc1. The third-order valence-electron chi connectivity index (χ3n) is 3.69. The summed E-state index contributed by atoms with van der Waals surface area (Å²) in [5.41, 5.74) is 1.32. The number of carbonyl (C=O) groups is 1. The Bertz CT molecular complexity index is 711. The molecule has 3 rings (SSSR count). The van der Waals surface area contributed by atoms with Crippen LogP contribution in [0.15, 0.2) is 42.6 Å². The van der Waals surface area contributed by atoms with Gasteiger partial charge in [-0.2, -0.15) is 5.06 Å². The minimum Gasteiger partial charge on any atom is -0.481 e. The predicted molar refractivity (Wildman–Crippen MR) is 82.5 cm³/mol. The van der Waals surface area contributed by atoms with Crippen molar-refractivity contribution in [3.05, 3.63) is 59.5 Å². The fraction of sp³-hybridized carbons (Fsp3) is 0.294. The molecule has 1 aromatic heterocycles. The van der Waals surface area contributed by atoms with Gasteiger partial charge >= 0.3 is 6.09 Å². The van der Waals surface area contributed by atoms with Gasteiger partial charge in [0.2, 0.25) is 5.88 Å². The van der Waals surface area contributed by atoms with E-state index < -0.39 is 18.0 Å². The summed E-state index contributed by atoms with van der Waals surface area (Å²) >= 11 is 0. The summed E-state index contributed by atoms with van der Waals surface area (Å²) in [6, 6.07) is 10.1. The molecule has 2 aromatic rings. The lowest BCUT2D eigenvalue weighted by atomic mass is 10.1. The normalized spacial score (nSPS) is 16.9. The molecule has 0 N–H and O–H groups in total. The summed E-state index contributed by atoms with van der Waals surface area (Å²) < 4.78 is 24.0. The molecule has 1 aliphatic heterocycles. The number of ether oxygens (including phenoxy) is 2. The maximum absolute atomic E-state index is 13.5. The largest absolute Gasteiger partial charge is 0.481 e. The molecule has 0 saturated carbocycles. The molecule has 0 unspecified atom stereocenters. The van der Waals surface area contributed by atoms with Gasteiger partial charge in [0.05, 0.1) is 26.0 Å². The van der Waals surface area contributed by atoms with Crippen molar-refractivity contribution in [2.24, 2.45) is 0 Å². The Morgan fingerprint density at radius 3 is 2.96 bits per heavy atom. The molecule has 1 atom stereocenters. The molecule has 1 aliphatic rings. The molecular formula is C17H17FN2O4. The molecule has 2 heterocycles. The molecule has 0 radical (unpaired) electrons. The quantitative estimate of drug-likeness (QED) is 0.860. The van der Waals surface area contributed by atoms with Crippen LogP contribution in [0.5, 0.6) is 5.88 Å². The standard InChI is InChI=1S/C17H17FN2O4/c1-22-16-14(9-13(18)10-19-16)15-7-8-24-20(15)17(21)23-11-12-5-3-2-4-6-12/h2-6,9-10,15H,7-8,11H2,1H3/t15-/m1/s1. The van der Waals surface area contributed by atoms with Crippen LogP contribution in [0.2, 0.25) is 0 Å². The van der Waals surface area contributed by atoms with Crippen LogP contribution in [-0.2, 0) is 16.2 Å². The third-order valence-corrected chi connectivity index (χ3v) is 3.69. The number of rotatable bonds is 4. The van der Waals surface area contributed by atoms with Crippen LogP contribution < -0.4 is 4.74 Å². The van der Waals surface area contributed by atoms with Crippen molar-refractivity contribution >= 4 is 6.09 Å². The summed E-state index contributed by atoms with van der Waals surface area (Å²) in [7, 11) is 1.44. The van der Waals surface area contributed by atoms with Crippen molar-refractivity contribution in [1.29, 1.82) is 0 Å². The molecule has 0 spiro atoms. The lowest BCUT2D eigenvalue weighted by Gasteiger charge is -2.23. The number of nitrogens with zero attached hydrogens (tertiary/aromatic N) is 2. The summed E-state index contributed by atoms with van der Waals surface area (Å²) in [5, 5.41) is 1.11. The average Bonchev–Trinajstić information content (AvgIpc) is 3.10. The maximum atomic E-state index is 13.5. The van der Waals surface area contributed by atoms with E-state index >= 15 is 0 Å². The zero-order chi connectivity index (χ0) is 16.9. The van der Waals surface area contributed by atoms with E-state index in [0.717, 1.165) is 16.8 Å². The number of aromatic nitrogens is 1. The Hall–Kier alpha value is -2.67. The second-order valence-corrected chi connectivity index (χ2v) is 5.26. The van der Waals surface area contributed by atoms with E-state index in [9.17, 15) is 9.18 Å². The molecule has 1 amide bonds. The van der Waals surface area contributed by atoms with E-state index in [1.807, 2.05) is 30.3 Å². The van der Waals surface area contributed by atoms with E-state index in [2.05, 4.69) is 4.98 Å². The number of carbonyl (C=O) groups excluding carboxylic acids is 1. The number of amides is 1. The van der Waals surface area contributed by atoms with E-state index in [-0.39, 0.29) is 12.5 Å². The molecule has 6 nitrogen and oxygen atoms in total. The molecule has 7 heteroatoms. The van der Waals surface area contributed by atoms with Gasteiger partial charge < -0.3 is 9.47 Å². The monoisotopic (exact) mass is 332 g/mol. The zero-order valence-corrected chi connectivity index (χ0v) is 13.1. The first-order chi connectivity index (χ1) is 11.7. The Balaban J connectivity index is 1.73. The zero-order valence-electron chi connectivity index (χ0n) is 13.1. The number of benzene rings is 1. The molecule has 24 heavy (non-hydrogen) atoms. The van der Waals surface area contributed by atoms with Crippen LogP contribution >= 0.6 is 0 Å². The maximum Gasteiger partial charge on any atom is 0.434 e. The Morgan fingerprint density at radius 2 is 2.21 bits per heavy atom. The average molecular weight is 332 g/mol. The van der Waals surface area contributed by atoms with Crippen molar-refractivity contribution in [2.75, 3.05) is 13.7 Å². The number of pyridine rings is 1. The van der Waals surface area contributed by atoms with Crippen molar-refractivity contribution in [3.63, 3.8) is 0 Å². The lowest BCUT2D eigenvalue weighted by Crippen LogP contribution is -2.30. The van der Waals surface area contributed by atoms with Gasteiger partial charge in [-0.15, -0.1) is 0 Å². The lowest BCUT2D eigenvalue weighted by molar-refractivity contribution is -0.113. The highest BCUT2D eigenvalue weighted by molar-refractivity contribution is 5.67. The summed E-state index contributed by atoms with van der Waals surface area (Å²) in [5.74, 6) is -0.247. The van der Waals surface area contributed by atoms with Gasteiger partial charge in [-0.1, -0.05) is 30.3 Å². The number of hydroxylamine groups is 2. The number of hydrogen-bond acceptors (Lipinski definition) is 5. The highest BCUT2D eigenvalue weighted by atomic mass is 19.1. The minimum atomic E-state index is -0.632. The highest BCUT2D eigenvalue weighted by Crippen LogP contribution is 2.35. The third kappa shape index (κ3) is 3.46. The number of hydrogen-bond donors (Lipinski definition) is 0. The van der Waals surface area contributed by atoms with Crippen LogP contribution in [0.4, 0.5) is 9.18 Å². The summed E-state index contributed by atoms with van der Waals surface area (Å²) in [4.78, 5) is 21.6. The number of methoxy groups -OCH3 is 1. The molecule has 0 aliphatic carbocycles. The molecule has 0 bridgehead atoms. The fourth-order valence-corrected chi connectivity index (χ4v) is 2.57. The van der Waals surface area contributed by atoms with Crippen molar-refractivity contribution in [1.82, 2.24) is 10.0 Å². The second kappa shape index (κ2) is 7.27. The second-order valence-electron chi connectivity index (χ2n) is 5.26. The van der Waals surface area contributed by atoms with Crippen LogP contribution in [0.1, 0.15) is 23.6 Å². The van der Waals surface area contributed by atoms with Gasteiger partial charge in [-0.05, 0) is 11.6 Å². The van der Waals surface area contributed by atoms with Gasteiger partial charge in [0, 0.05) is 12.0 Å². The van der Waals surface area contributed by atoms with Crippen LogP contribution in [0.3, 0.4) is 0 Å². The molecule has 126 valence electrons. The van der Waals surface area contributed by atoms with E-state index in [1.54, 1.807) is 0 Å². The topological polar surface area (TPSA) is 60.9 Å². The van der Waals surface area contributed by atoms with Gasteiger partial charge in [-0.25, -0.2) is 14.2 Å². The first kappa shape index (κ1) is 16.2. The Labute approximate surface area is 138 Å².